The highest BCUT2D eigenvalue weighted by Gasteiger charge is 2.18. The molecule has 2 aromatic carbocycles. The SMILES string of the molecule is COc1ccc(NSc2cc(Br)c(F)c(F)c2F)cc1O. The Kier molecular flexibility index (Phi) is 4.89. The highest BCUT2D eigenvalue weighted by Crippen LogP contribution is 2.33. The molecule has 2 aromatic rings. The smallest absolute Gasteiger partial charge is 0.196 e. The Morgan fingerprint density at radius 3 is 2.48 bits per heavy atom. The van der Waals surface area contributed by atoms with Crippen molar-refractivity contribution in [2.75, 3.05) is 11.8 Å². The molecule has 21 heavy (non-hydrogen) atoms. The van der Waals surface area contributed by atoms with E-state index in [9.17, 15) is 18.3 Å². The molecule has 0 unspecified atom stereocenters. The third-order valence-electron chi connectivity index (χ3n) is 2.53. The van der Waals surface area contributed by atoms with Crippen LogP contribution in [0.1, 0.15) is 0 Å². The van der Waals surface area contributed by atoms with Crippen LogP contribution in [0.3, 0.4) is 0 Å². The maximum Gasteiger partial charge on any atom is 0.196 e. The Morgan fingerprint density at radius 1 is 1.14 bits per heavy atom. The lowest BCUT2D eigenvalue weighted by Gasteiger charge is -2.10. The molecule has 0 heterocycles. The standard InChI is InChI=1S/C13H9BrF3NO2S/c1-20-9-3-2-6(4-8(9)19)18-21-10-5-7(14)11(15)13(17)12(10)16/h2-5,18-19H,1H3. The molecule has 0 saturated heterocycles. The Bertz CT molecular complexity index is 685. The molecule has 0 radical (unpaired) electrons. The average Bonchev–Trinajstić information content (AvgIpc) is 2.47. The zero-order valence-electron chi connectivity index (χ0n) is 10.6. The normalized spacial score (nSPS) is 10.5. The van der Waals surface area contributed by atoms with Crippen molar-refractivity contribution in [1.29, 1.82) is 0 Å². The van der Waals surface area contributed by atoms with Crippen molar-refractivity contribution in [3.63, 3.8) is 0 Å². The minimum absolute atomic E-state index is 0.102. The van der Waals surface area contributed by atoms with Gasteiger partial charge in [-0.3, -0.25) is 0 Å². The second kappa shape index (κ2) is 6.48. The second-order valence-electron chi connectivity index (χ2n) is 3.89. The molecule has 0 atom stereocenters. The molecule has 0 amide bonds. The van der Waals surface area contributed by atoms with E-state index in [2.05, 4.69) is 20.7 Å². The van der Waals surface area contributed by atoms with Crippen LogP contribution in [0.15, 0.2) is 33.6 Å². The second-order valence-corrected chi connectivity index (χ2v) is 5.59. The molecule has 0 aliphatic carbocycles. The zero-order valence-corrected chi connectivity index (χ0v) is 13.0. The molecular formula is C13H9BrF3NO2S. The maximum absolute atomic E-state index is 13.6. The van der Waals surface area contributed by atoms with Gasteiger partial charge in [0, 0.05) is 11.8 Å². The monoisotopic (exact) mass is 379 g/mol. The molecule has 2 N–H and O–H groups in total. The molecule has 0 fully saturated rings. The lowest BCUT2D eigenvalue weighted by Crippen LogP contribution is -1.97. The van der Waals surface area contributed by atoms with E-state index in [1.807, 2.05) is 0 Å². The number of ether oxygens (including phenoxy) is 1. The number of methoxy groups -OCH3 is 1. The summed E-state index contributed by atoms with van der Waals surface area (Å²) >= 11 is 3.55. The summed E-state index contributed by atoms with van der Waals surface area (Å²) in [6.45, 7) is 0. The van der Waals surface area contributed by atoms with Crippen molar-refractivity contribution in [3.05, 3.63) is 46.2 Å². The Hall–Kier alpha value is -1.54. The first-order valence-electron chi connectivity index (χ1n) is 5.57. The fourth-order valence-corrected chi connectivity index (χ4v) is 2.76. The summed E-state index contributed by atoms with van der Waals surface area (Å²) < 4.78 is 47.4. The Morgan fingerprint density at radius 2 is 1.86 bits per heavy atom. The number of aromatic hydroxyl groups is 1. The van der Waals surface area contributed by atoms with Gasteiger partial charge in [-0.2, -0.15) is 0 Å². The number of phenolic OH excluding ortho intramolecular Hbond substituents is 1. The number of phenols is 1. The molecule has 8 heteroatoms. The van der Waals surface area contributed by atoms with Gasteiger partial charge in [-0.05, 0) is 46.1 Å². The fraction of sp³-hybridized carbons (Fsp3) is 0.0769. The number of rotatable bonds is 4. The van der Waals surface area contributed by atoms with Crippen LogP contribution < -0.4 is 9.46 Å². The van der Waals surface area contributed by atoms with E-state index in [1.54, 1.807) is 6.07 Å². The predicted molar refractivity (Wildman–Crippen MR) is 78.2 cm³/mol. The lowest BCUT2D eigenvalue weighted by molar-refractivity contribution is 0.373. The molecule has 0 bridgehead atoms. The maximum atomic E-state index is 13.6. The zero-order chi connectivity index (χ0) is 15.6. The number of hydrogen-bond acceptors (Lipinski definition) is 4. The van der Waals surface area contributed by atoms with E-state index < -0.39 is 17.5 Å². The van der Waals surface area contributed by atoms with Crippen LogP contribution in [0.5, 0.6) is 11.5 Å². The third-order valence-corrected chi connectivity index (χ3v) is 3.96. The van der Waals surface area contributed by atoms with E-state index in [0.29, 0.717) is 5.69 Å². The first-order valence-corrected chi connectivity index (χ1v) is 7.18. The van der Waals surface area contributed by atoms with Gasteiger partial charge in [0.05, 0.1) is 16.5 Å². The first-order chi connectivity index (χ1) is 9.93. The van der Waals surface area contributed by atoms with Crippen LogP contribution in [-0.2, 0) is 0 Å². The van der Waals surface area contributed by atoms with Gasteiger partial charge in [-0.1, -0.05) is 0 Å². The van der Waals surface area contributed by atoms with Crippen LogP contribution in [0, 0.1) is 17.5 Å². The fourth-order valence-electron chi connectivity index (χ4n) is 1.49. The molecule has 2 rings (SSSR count). The minimum Gasteiger partial charge on any atom is -0.504 e. The van der Waals surface area contributed by atoms with Crippen molar-refractivity contribution in [1.82, 2.24) is 0 Å². The minimum atomic E-state index is -1.55. The summed E-state index contributed by atoms with van der Waals surface area (Å²) in [4.78, 5) is -0.129. The Balaban J connectivity index is 2.19. The van der Waals surface area contributed by atoms with Crippen molar-refractivity contribution in [2.24, 2.45) is 0 Å². The molecule has 3 nitrogen and oxygen atoms in total. The largest absolute Gasteiger partial charge is 0.504 e. The van der Waals surface area contributed by atoms with Gasteiger partial charge >= 0.3 is 0 Å². The van der Waals surface area contributed by atoms with E-state index in [-0.39, 0.29) is 20.9 Å². The highest BCUT2D eigenvalue weighted by molar-refractivity contribution is 9.10. The summed E-state index contributed by atoms with van der Waals surface area (Å²) in [5, 5.41) is 9.60. The van der Waals surface area contributed by atoms with E-state index in [0.717, 1.165) is 18.0 Å². The summed E-state index contributed by atoms with van der Waals surface area (Å²) in [5.74, 6) is -3.93. The third kappa shape index (κ3) is 3.38. The molecule has 0 aliphatic heterocycles. The van der Waals surface area contributed by atoms with Crippen LogP contribution in [0.4, 0.5) is 18.9 Å². The number of anilines is 1. The molecule has 0 aromatic heterocycles. The van der Waals surface area contributed by atoms with Gasteiger partial charge in [0.25, 0.3) is 0 Å². The highest BCUT2D eigenvalue weighted by atomic mass is 79.9. The van der Waals surface area contributed by atoms with Crippen LogP contribution in [0.2, 0.25) is 0 Å². The average molecular weight is 380 g/mol. The van der Waals surface area contributed by atoms with Gasteiger partial charge in [0.15, 0.2) is 29.0 Å². The van der Waals surface area contributed by atoms with E-state index in [1.165, 1.54) is 19.2 Å². The van der Waals surface area contributed by atoms with Crippen molar-refractivity contribution >= 4 is 33.6 Å². The summed E-state index contributed by atoms with van der Waals surface area (Å²) in [6.07, 6.45) is 0. The molecule has 0 saturated carbocycles. The lowest BCUT2D eigenvalue weighted by atomic mass is 10.3. The number of benzene rings is 2. The molecular weight excluding hydrogens is 371 g/mol. The van der Waals surface area contributed by atoms with Crippen molar-refractivity contribution in [2.45, 2.75) is 4.90 Å². The van der Waals surface area contributed by atoms with Gasteiger partial charge in [0.2, 0.25) is 0 Å². The van der Waals surface area contributed by atoms with Crippen LogP contribution in [0.25, 0.3) is 0 Å². The number of nitrogens with one attached hydrogen (secondary N) is 1. The predicted octanol–water partition coefficient (Wildman–Crippen LogP) is 4.70. The summed E-state index contributed by atoms with van der Waals surface area (Å²) in [5.41, 5.74) is 0.443. The van der Waals surface area contributed by atoms with E-state index in [4.69, 9.17) is 4.74 Å². The van der Waals surface area contributed by atoms with Gasteiger partial charge in [-0.15, -0.1) is 0 Å². The van der Waals surface area contributed by atoms with Crippen LogP contribution >= 0.6 is 27.9 Å². The number of halogens is 4. The van der Waals surface area contributed by atoms with Gasteiger partial charge in [-0.25, -0.2) is 13.2 Å². The summed E-state index contributed by atoms with van der Waals surface area (Å²) in [7, 11) is 1.41. The topological polar surface area (TPSA) is 41.5 Å². The Labute approximate surface area is 131 Å². The first kappa shape index (κ1) is 15.8. The van der Waals surface area contributed by atoms with Gasteiger partial charge in [0.1, 0.15) is 0 Å². The quantitative estimate of drug-likeness (QED) is 0.459. The van der Waals surface area contributed by atoms with Crippen LogP contribution in [-0.4, -0.2) is 12.2 Å². The molecule has 0 aliphatic rings. The van der Waals surface area contributed by atoms with Crippen molar-refractivity contribution in [3.8, 4) is 11.5 Å². The number of hydrogen-bond donors (Lipinski definition) is 2. The van der Waals surface area contributed by atoms with Crippen molar-refractivity contribution < 1.29 is 23.0 Å². The van der Waals surface area contributed by atoms with E-state index >= 15 is 0 Å². The molecule has 112 valence electrons. The summed E-state index contributed by atoms with van der Waals surface area (Å²) in [6, 6.07) is 5.57. The molecule has 0 spiro atoms. The van der Waals surface area contributed by atoms with Gasteiger partial charge < -0.3 is 14.6 Å².